The first-order chi connectivity index (χ1) is 6.72. The third-order valence-electron chi connectivity index (χ3n) is 2.88. The fourth-order valence-electron chi connectivity index (χ4n) is 2.19. The summed E-state index contributed by atoms with van der Waals surface area (Å²) in [5.74, 6) is 2.52. The van der Waals surface area contributed by atoms with Gasteiger partial charge in [0.25, 0.3) is 0 Å². The molecular formula is C11H23NOS. The molecule has 2 unspecified atom stereocenters. The Morgan fingerprint density at radius 2 is 2.07 bits per heavy atom. The van der Waals surface area contributed by atoms with Crippen molar-refractivity contribution in [2.24, 2.45) is 5.92 Å². The minimum Gasteiger partial charge on any atom is -0.314 e. The van der Waals surface area contributed by atoms with E-state index < -0.39 is 10.8 Å². The van der Waals surface area contributed by atoms with E-state index in [1.165, 1.54) is 25.7 Å². The van der Waals surface area contributed by atoms with Gasteiger partial charge in [-0.05, 0) is 32.2 Å². The van der Waals surface area contributed by atoms with Gasteiger partial charge in [-0.1, -0.05) is 19.8 Å². The van der Waals surface area contributed by atoms with Crippen molar-refractivity contribution in [3.8, 4) is 0 Å². The first-order valence-electron chi connectivity index (χ1n) is 5.80. The highest BCUT2D eigenvalue weighted by Gasteiger charge is 2.18. The van der Waals surface area contributed by atoms with Crippen LogP contribution in [-0.2, 0) is 10.8 Å². The van der Waals surface area contributed by atoms with Crippen molar-refractivity contribution in [3.05, 3.63) is 0 Å². The van der Waals surface area contributed by atoms with E-state index in [0.717, 1.165) is 24.0 Å². The molecule has 1 N–H and O–H groups in total. The van der Waals surface area contributed by atoms with E-state index in [1.807, 2.05) is 0 Å². The van der Waals surface area contributed by atoms with Gasteiger partial charge in [-0.25, -0.2) is 0 Å². The molecule has 1 saturated carbocycles. The van der Waals surface area contributed by atoms with E-state index in [-0.39, 0.29) is 0 Å². The minimum absolute atomic E-state index is 0.405. The Balaban J connectivity index is 2.14. The first kappa shape index (κ1) is 12.2. The molecule has 1 aliphatic carbocycles. The van der Waals surface area contributed by atoms with E-state index >= 15 is 0 Å². The average Bonchev–Trinajstić information content (AvgIpc) is 2.56. The van der Waals surface area contributed by atoms with E-state index in [1.54, 1.807) is 0 Å². The van der Waals surface area contributed by atoms with Crippen molar-refractivity contribution in [2.75, 3.05) is 18.1 Å². The van der Waals surface area contributed by atoms with Crippen LogP contribution < -0.4 is 5.32 Å². The SMILES string of the molecule is CCNC(C)CS(=O)CC1CCCC1. The fraction of sp³-hybridized carbons (Fsp3) is 1.00. The average molecular weight is 217 g/mol. The molecule has 0 radical (unpaired) electrons. The van der Waals surface area contributed by atoms with Gasteiger partial charge in [-0.3, -0.25) is 4.21 Å². The van der Waals surface area contributed by atoms with Crippen molar-refractivity contribution < 1.29 is 4.21 Å². The van der Waals surface area contributed by atoms with Gasteiger partial charge in [0, 0.05) is 28.3 Å². The lowest BCUT2D eigenvalue weighted by Gasteiger charge is -2.13. The Kier molecular flexibility index (Phi) is 5.71. The Bertz CT molecular complexity index is 178. The molecular weight excluding hydrogens is 194 g/mol. The summed E-state index contributed by atoms with van der Waals surface area (Å²) in [6.07, 6.45) is 5.32. The van der Waals surface area contributed by atoms with Gasteiger partial charge < -0.3 is 5.32 Å². The van der Waals surface area contributed by atoms with Crippen LogP contribution in [0.2, 0.25) is 0 Å². The van der Waals surface area contributed by atoms with Crippen LogP contribution in [0.1, 0.15) is 39.5 Å². The second-order valence-corrected chi connectivity index (χ2v) is 5.93. The molecule has 1 rings (SSSR count). The van der Waals surface area contributed by atoms with Crippen molar-refractivity contribution in [1.82, 2.24) is 5.32 Å². The van der Waals surface area contributed by atoms with Crippen LogP contribution in [0.5, 0.6) is 0 Å². The highest BCUT2D eigenvalue weighted by molar-refractivity contribution is 7.85. The van der Waals surface area contributed by atoms with Crippen LogP contribution >= 0.6 is 0 Å². The molecule has 0 aliphatic heterocycles. The Morgan fingerprint density at radius 3 is 2.64 bits per heavy atom. The van der Waals surface area contributed by atoms with Crippen LogP contribution in [0, 0.1) is 5.92 Å². The first-order valence-corrected chi connectivity index (χ1v) is 7.29. The van der Waals surface area contributed by atoms with Crippen LogP contribution in [-0.4, -0.2) is 28.3 Å². The van der Waals surface area contributed by atoms with Gasteiger partial charge in [0.05, 0.1) is 0 Å². The molecule has 14 heavy (non-hydrogen) atoms. The van der Waals surface area contributed by atoms with Crippen molar-refractivity contribution in [3.63, 3.8) is 0 Å². The van der Waals surface area contributed by atoms with Gasteiger partial charge in [-0.15, -0.1) is 0 Å². The quantitative estimate of drug-likeness (QED) is 0.736. The summed E-state index contributed by atoms with van der Waals surface area (Å²) in [6.45, 7) is 5.19. The molecule has 0 aromatic heterocycles. The normalized spacial score (nSPS) is 22.4. The summed E-state index contributed by atoms with van der Waals surface area (Å²) in [4.78, 5) is 0. The minimum atomic E-state index is -0.604. The Labute approximate surface area is 90.3 Å². The number of hydrogen-bond donors (Lipinski definition) is 1. The predicted octanol–water partition coefficient (Wildman–Crippen LogP) is 1.92. The summed E-state index contributed by atoms with van der Waals surface area (Å²) < 4.78 is 11.8. The number of rotatable bonds is 6. The molecule has 0 saturated heterocycles. The summed E-state index contributed by atoms with van der Waals surface area (Å²) in [7, 11) is -0.604. The van der Waals surface area contributed by atoms with Crippen molar-refractivity contribution in [1.29, 1.82) is 0 Å². The molecule has 2 atom stereocenters. The van der Waals surface area contributed by atoms with Crippen LogP contribution in [0.25, 0.3) is 0 Å². The van der Waals surface area contributed by atoms with Gasteiger partial charge in [0.2, 0.25) is 0 Å². The molecule has 0 aromatic carbocycles. The second kappa shape index (κ2) is 6.57. The van der Waals surface area contributed by atoms with E-state index in [9.17, 15) is 4.21 Å². The topological polar surface area (TPSA) is 29.1 Å². The van der Waals surface area contributed by atoms with E-state index in [2.05, 4.69) is 19.2 Å². The van der Waals surface area contributed by atoms with Gasteiger partial charge in [-0.2, -0.15) is 0 Å². The molecule has 0 bridgehead atoms. The monoisotopic (exact) mass is 217 g/mol. The second-order valence-electron chi connectivity index (χ2n) is 4.38. The van der Waals surface area contributed by atoms with E-state index in [4.69, 9.17) is 0 Å². The highest BCUT2D eigenvalue weighted by atomic mass is 32.2. The highest BCUT2D eigenvalue weighted by Crippen LogP contribution is 2.25. The lowest BCUT2D eigenvalue weighted by atomic mass is 10.1. The zero-order valence-corrected chi connectivity index (χ0v) is 10.2. The third-order valence-corrected chi connectivity index (χ3v) is 4.60. The maximum Gasteiger partial charge on any atom is 0.0386 e. The Hall–Kier alpha value is 0.110. The lowest BCUT2D eigenvalue weighted by molar-refractivity contribution is 0.586. The van der Waals surface area contributed by atoms with Crippen LogP contribution in [0.15, 0.2) is 0 Å². The molecule has 3 heteroatoms. The standard InChI is InChI=1S/C11H23NOS/c1-3-12-10(2)8-14(13)9-11-6-4-5-7-11/h10-12H,3-9H2,1-2H3. The molecule has 0 heterocycles. The van der Waals surface area contributed by atoms with Crippen molar-refractivity contribution >= 4 is 10.8 Å². The predicted molar refractivity (Wildman–Crippen MR) is 63.0 cm³/mol. The largest absolute Gasteiger partial charge is 0.314 e. The smallest absolute Gasteiger partial charge is 0.0386 e. The fourth-order valence-corrected chi connectivity index (χ4v) is 3.86. The summed E-state index contributed by atoms with van der Waals surface area (Å²) in [6, 6.07) is 0.405. The zero-order chi connectivity index (χ0) is 10.4. The third kappa shape index (κ3) is 4.56. The van der Waals surface area contributed by atoms with Gasteiger partial charge in [0.15, 0.2) is 0 Å². The summed E-state index contributed by atoms with van der Waals surface area (Å²) in [5.41, 5.74) is 0. The molecule has 0 aromatic rings. The summed E-state index contributed by atoms with van der Waals surface area (Å²) >= 11 is 0. The summed E-state index contributed by atoms with van der Waals surface area (Å²) in [5, 5.41) is 3.31. The zero-order valence-electron chi connectivity index (χ0n) is 9.42. The molecule has 1 aliphatic rings. The molecule has 84 valence electrons. The van der Waals surface area contributed by atoms with Crippen LogP contribution in [0.4, 0.5) is 0 Å². The maximum absolute atomic E-state index is 11.8. The Morgan fingerprint density at radius 1 is 1.43 bits per heavy atom. The van der Waals surface area contributed by atoms with Crippen molar-refractivity contribution in [2.45, 2.75) is 45.6 Å². The molecule has 0 amide bonds. The van der Waals surface area contributed by atoms with Crippen LogP contribution in [0.3, 0.4) is 0 Å². The molecule has 0 spiro atoms. The number of hydrogen-bond acceptors (Lipinski definition) is 2. The molecule has 1 fully saturated rings. The lowest BCUT2D eigenvalue weighted by Crippen LogP contribution is -2.32. The van der Waals surface area contributed by atoms with Gasteiger partial charge in [0.1, 0.15) is 0 Å². The molecule has 2 nitrogen and oxygen atoms in total. The number of nitrogens with one attached hydrogen (secondary N) is 1. The van der Waals surface area contributed by atoms with Gasteiger partial charge >= 0.3 is 0 Å². The van der Waals surface area contributed by atoms with E-state index in [0.29, 0.717) is 6.04 Å². The maximum atomic E-state index is 11.8.